The zero-order valence-electron chi connectivity index (χ0n) is 9.24. The second-order valence-corrected chi connectivity index (χ2v) is 6.20. The van der Waals surface area contributed by atoms with Crippen molar-refractivity contribution in [3.63, 3.8) is 0 Å². The lowest BCUT2D eigenvalue weighted by atomic mass is 10.00. The normalized spacial score (nSPS) is 24.6. The first-order chi connectivity index (χ1) is 7.72. The molecule has 0 spiro atoms. The van der Waals surface area contributed by atoms with Gasteiger partial charge in [0.15, 0.2) is 0 Å². The fourth-order valence-electron chi connectivity index (χ4n) is 2.34. The lowest BCUT2D eigenvalue weighted by Crippen LogP contribution is -2.36. The molecule has 1 fully saturated rings. The molecule has 0 aliphatic carbocycles. The third-order valence-electron chi connectivity index (χ3n) is 3.26. The SMILES string of the molecule is CN1CCC2=Cc3cc(Cl)ccc3SC2C1. The standard InChI is InChI=1S/C13H14ClNS/c1-15-5-4-9-6-10-7-11(14)2-3-12(10)16-13(9)8-15/h2-3,6-7,13H,4-5,8H2,1H3. The second-order valence-electron chi connectivity index (χ2n) is 4.52. The van der Waals surface area contributed by atoms with Crippen LogP contribution in [0.3, 0.4) is 0 Å². The van der Waals surface area contributed by atoms with Crippen LogP contribution in [0, 0.1) is 0 Å². The molecule has 0 aromatic heterocycles. The highest BCUT2D eigenvalue weighted by atomic mass is 35.5. The van der Waals surface area contributed by atoms with E-state index in [1.807, 2.05) is 17.8 Å². The van der Waals surface area contributed by atoms with Gasteiger partial charge in [0.05, 0.1) is 0 Å². The van der Waals surface area contributed by atoms with Gasteiger partial charge in [-0.25, -0.2) is 0 Å². The van der Waals surface area contributed by atoms with Crippen molar-refractivity contribution in [2.45, 2.75) is 16.6 Å². The molecule has 1 nitrogen and oxygen atoms in total. The Morgan fingerprint density at radius 3 is 3.19 bits per heavy atom. The minimum Gasteiger partial charge on any atom is -0.305 e. The number of benzene rings is 1. The number of nitrogens with zero attached hydrogens (tertiary/aromatic N) is 1. The Kier molecular flexibility index (Phi) is 2.74. The van der Waals surface area contributed by atoms with E-state index >= 15 is 0 Å². The number of thioether (sulfide) groups is 1. The minimum atomic E-state index is 0.646. The quantitative estimate of drug-likeness (QED) is 0.694. The van der Waals surface area contributed by atoms with Crippen LogP contribution in [0.25, 0.3) is 6.08 Å². The van der Waals surface area contributed by atoms with Crippen molar-refractivity contribution in [2.75, 3.05) is 20.1 Å². The fraction of sp³-hybridized carbons (Fsp3) is 0.385. The third kappa shape index (κ3) is 1.90. The smallest absolute Gasteiger partial charge is 0.0435 e. The molecule has 1 saturated heterocycles. The highest BCUT2D eigenvalue weighted by Crippen LogP contribution is 2.41. The van der Waals surface area contributed by atoms with E-state index in [1.54, 1.807) is 5.57 Å². The highest BCUT2D eigenvalue weighted by Gasteiger charge is 2.26. The summed E-state index contributed by atoms with van der Waals surface area (Å²) in [5.74, 6) is 0. The molecule has 2 aliphatic heterocycles. The molecule has 16 heavy (non-hydrogen) atoms. The van der Waals surface area contributed by atoms with Crippen LogP contribution >= 0.6 is 23.4 Å². The molecule has 1 aromatic carbocycles. The van der Waals surface area contributed by atoms with Crippen molar-refractivity contribution in [3.05, 3.63) is 34.4 Å². The maximum absolute atomic E-state index is 6.03. The molecule has 0 N–H and O–H groups in total. The molecule has 0 amide bonds. The number of hydrogen-bond donors (Lipinski definition) is 0. The number of piperidine rings is 1. The van der Waals surface area contributed by atoms with Crippen LogP contribution < -0.4 is 0 Å². The summed E-state index contributed by atoms with van der Waals surface area (Å²) in [7, 11) is 2.20. The van der Waals surface area contributed by atoms with Gasteiger partial charge >= 0.3 is 0 Å². The van der Waals surface area contributed by atoms with E-state index in [4.69, 9.17) is 11.6 Å². The number of likely N-dealkylation sites (tertiary alicyclic amines) is 1. The average molecular weight is 252 g/mol. The molecule has 84 valence electrons. The largest absolute Gasteiger partial charge is 0.305 e. The van der Waals surface area contributed by atoms with E-state index in [0.717, 1.165) is 5.02 Å². The summed E-state index contributed by atoms with van der Waals surface area (Å²) >= 11 is 8.01. The molecule has 1 unspecified atom stereocenters. The zero-order valence-corrected chi connectivity index (χ0v) is 10.8. The van der Waals surface area contributed by atoms with Crippen LogP contribution in [-0.4, -0.2) is 30.3 Å². The Morgan fingerprint density at radius 2 is 2.31 bits per heavy atom. The van der Waals surface area contributed by atoms with Gasteiger partial charge in [0.2, 0.25) is 0 Å². The van der Waals surface area contributed by atoms with Crippen LogP contribution in [0.4, 0.5) is 0 Å². The van der Waals surface area contributed by atoms with Crippen molar-refractivity contribution in [3.8, 4) is 0 Å². The number of halogens is 1. The van der Waals surface area contributed by atoms with Gasteiger partial charge in [-0.05, 0) is 37.2 Å². The van der Waals surface area contributed by atoms with Gasteiger partial charge < -0.3 is 4.90 Å². The number of rotatable bonds is 0. The first-order valence-corrected chi connectivity index (χ1v) is 6.83. The van der Waals surface area contributed by atoms with Gasteiger partial charge in [0.25, 0.3) is 0 Å². The third-order valence-corrected chi connectivity index (χ3v) is 4.85. The molecule has 2 aliphatic rings. The molecule has 2 heterocycles. The Morgan fingerprint density at radius 1 is 1.44 bits per heavy atom. The van der Waals surface area contributed by atoms with Crippen LogP contribution in [0.1, 0.15) is 12.0 Å². The predicted octanol–water partition coefficient (Wildman–Crippen LogP) is 3.53. The second kappa shape index (κ2) is 4.10. The summed E-state index contributed by atoms with van der Waals surface area (Å²) in [6.45, 7) is 2.34. The topological polar surface area (TPSA) is 3.24 Å². The summed E-state index contributed by atoms with van der Waals surface area (Å²) in [6, 6.07) is 6.20. The summed E-state index contributed by atoms with van der Waals surface area (Å²) in [4.78, 5) is 3.78. The lowest BCUT2D eigenvalue weighted by molar-refractivity contribution is 0.318. The van der Waals surface area contributed by atoms with Crippen molar-refractivity contribution in [1.82, 2.24) is 4.90 Å². The van der Waals surface area contributed by atoms with Gasteiger partial charge in [-0.3, -0.25) is 0 Å². The van der Waals surface area contributed by atoms with E-state index < -0.39 is 0 Å². The van der Waals surface area contributed by atoms with Gasteiger partial charge in [-0.1, -0.05) is 23.3 Å². The molecule has 1 aromatic rings. The Bertz CT molecular complexity index is 455. The molecular weight excluding hydrogens is 238 g/mol. The van der Waals surface area contributed by atoms with Gasteiger partial charge in [0.1, 0.15) is 0 Å². The fourth-order valence-corrected chi connectivity index (χ4v) is 3.90. The van der Waals surface area contributed by atoms with E-state index in [1.165, 1.54) is 30.0 Å². The molecule has 1 atom stereocenters. The van der Waals surface area contributed by atoms with Crippen LogP contribution in [0.5, 0.6) is 0 Å². The van der Waals surface area contributed by atoms with Crippen molar-refractivity contribution in [2.24, 2.45) is 0 Å². The maximum atomic E-state index is 6.03. The lowest BCUT2D eigenvalue weighted by Gasteiger charge is -2.34. The molecule has 0 radical (unpaired) electrons. The Hall–Kier alpha value is -0.440. The van der Waals surface area contributed by atoms with E-state index in [2.05, 4.69) is 30.2 Å². The van der Waals surface area contributed by atoms with Crippen molar-refractivity contribution in [1.29, 1.82) is 0 Å². The Labute approximate surface area is 105 Å². The summed E-state index contributed by atoms with van der Waals surface area (Å²) in [5.41, 5.74) is 2.88. The van der Waals surface area contributed by atoms with E-state index in [-0.39, 0.29) is 0 Å². The Balaban J connectivity index is 1.98. The van der Waals surface area contributed by atoms with Crippen LogP contribution in [-0.2, 0) is 0 Å². The first-order valence-electron chi connectivity index (χ1n) is 5.57. The highest BCUT2D eigenvalue weighted by molar-refractivity contribution is 8.00. The summed E-state index contributed by atoms with van der Waals surface area (Å²) in [5, 5.41) is 1.48. The molecule has 3 rings (SSSR count). The molecule has 0 saturated carbocycles. The molecule has 3 heteroatoms. The van der Waals surface area contributed by atoms with E-state index in [0.29, 0.717) is 5.25 Å². The first kappa shape index (κ1) is 10.7. The van der Waals surface area contributed by atoms with Gasteiger partial charge in [-0.2, -0.15) is 0 Å². The van der Waals surface area contributed by atoms with Gasteiger partial charge in [-0.15, -0.1) is 11.8 Å². The average Bonchev–Trinajstić information content (AvgIpc) is 2.26. The van der Waals surface area contributed by atoms with Crippen molar-refractivity contribution >= 4 is 29.4 Å². The predicted molar refractivity (Wildman–Crippen MR) is 71.2 cm³/mol. The van der Waals surface area contributed by atoms with E-state index in [9.17, 15) is 0 Å². The number of hydrogen-bond acceptors (Lipinski definition) is 2. The molecule has 0 bridgehead atoms. The number of fused-ring (bicyclic) bond motifs is 2. The molecular formula is C13H14ClNS. The van der Waals surface area contributed by atoms with Crippen molar-refractivity contribution < 1.29 is 0 Å². The van der Waals surface area contributed by atoms with Crippen LogP contribution in [0.2, 0.25) is 5.02 Å². The summed E-state index contributed by atoms with van der Waals surface area (Å²) < 4.78 is 0. The van der Waals surface area contributed by atoms with Gasteiger partial charge in [0, 0.05) is 28.3 Å². The summed E-state index contributed by atoms with van der Waals surface area (Å²) in [6.07, 6.45) is 3.54. The zero-order chi connectivity index (χ0) is 11.1. The monoisotopic (exact) mass is 251 g/mol. The van der Waals surface area contributed by atoms with Crippen LogP contribution in [0.15, 0.2) is 28.7 Å². The minimum absolute atomic E-state index is 0.646. The maximum Gasteiger partial charge on any atom is 0.0435 e.